The van der Waals surface area contributed by atoms with Crippen molar-refractivity contribution in [2.45, 2.75) is 51.6 Å². The molecule has 19 heavy (non-hydrogen) atoms. The second-order valence-corrected chi connectivity index (χ2v) is 6.17. The van der Waals surface area contributed by atoms with Gasteiger partial charge in [-0.25, -0.2) is 4.79 Å². The molecule has 2 N–H and O–H groups in total. The zero-order valence-electron chi connectivity index (χ0n) is 11.7. The van der Waals surface area contributed by atoms with Crippen molar-refractivity contribution in [3.63, 3.8) is 0 Å². The van der Waals surface area contributed by atoms with Gasteiger partial charge in [-0.1, -0.05) is 6.07 Å². The predicted molar refractivity (Wildman–Crippen MR) is 73.5 cm³/mol. The second-order valence-electron chi connectivity index (χ2n) is 6.17. The minimum absolute atomic E-state index is 0.0215. The Kier molecular flexibility index (Phi) is 3.43. The Balaban J connectivity index is 2.27. The van der Waals surface area contributed by atoms with Crippen LogP contribution < -0.4 is 0 Å². The normalized spacial score (nSPS) is 18.8. The van der Waals surface area contributed by atoms with Crippen molar-refractivity contribution in [1.29, 1.82) is 0 Å². The molecule has 0 spiro atoms. The van der Waals surface area contributed by atoms with E-state index in [4.69, 9.17) is 0 Å². The number of fused-ring (bicyclic) bond motifs is 1. The number of amides is 1. The summed E-state index contributed by atoms with van der Waals surface area (Å²) in [5.74, 6) is 0.247. The molecule has 0 aliphatic heterocycles. The number of phenolic OH excluding ortho intramolecular Hbond substituents is 1. The van der Waals surface area contributed by atoms with Crippen molar-refractivity contribution in [3.8, 4) is 5.75 Å². The summed E-state index contributed by atoms with van der Waals surface area (Å²) in [6.45, 7) is 5.75. The number of nitrogens with zero attached hydrogens (tertiary/aromatic N) is 1. The van der Waals surface area contributed by atoms with Crippen LogP contribution in [0.15, 0.2) is 18.2 Å². The minimum Gasteiger partial charge on any atom is -0.508 e. The van der Waals surface area contributed by atoms with E-state index in [2.05, 4.69) is 0 Å². The van der Waals surface area contributed by atoms with E-state index >= 15 is 0 Å². The van der Waals surface area contributed by atoms with Crippen LogP contribution in [0.2, 0.25) is 0 Å². The van der Waals surface area contributed by atoms with Gasteiger partial charge in [0.25, 0.3) is 0 Å². The third-order valence-electron chi connectivity index (χ3n) is 3.69. The maximum absolute atomic E-state index is 11.5. The molecule has 1 aromatic carbocycles. The molecule has 0 radical (unpaired) electrons. The summed E-state index contributed by atoms with van der Waals surface area (Å²) < 4.78 is 0. The number of hydrogen-bond acceptors (Lipinski definition) is 2. The lowest BCUT2D eigenvalue weighted by molar-refractivity contribution is 0.0653. The molecule has 104 valence electrons. The monoisotopic (exact) mass is 263 g/mol. The van der Waals surface area contributed by atoms with Gasteiger partial charge in [0.05, 0.1) is 0 Å². The molecular weight excluding hydrogens is 242 g/mol. The molecule has 0 bridgehead atoms. The summed E-state index contributed by atoms with van der Waals surface area (Å²) in [6.07, 6.45) is 1.50. The quantitative estimate of drug-likeness (QED) is 0.818. The van der Waals surface area contributed by atoms with Crippen LogP contribution in [0.3, 0.4) is 0 Å². The van der Waals surface area contributed by atoms with Gasteiger partial charge in [-0.2, -0.15) is 0 Å². The van der Waals surface area contributed by atoms with Gasteiger partial charge in [0, 0.05) is 11.6 Å². The highest BCUT2D eigenvalue weighted by Crippen LogP contribution is 2.30. The smallest absolute Gasteiger partial charge is 0.407 e. The number of carboxylic acid groups (broad SMARTS) is 1. The van der Waals surface area contributed by atoms with Crippen LogP contribution in [0.25, 0.3) is 0 Å². The number of aryl methyl sites for hydroxylation is 1. The average molecular weight is 263 g/mol. The molecule has 1 amide bonds. The molecule has 0 aromatic heterocycles. The summed E-state index contributed by atoms with van der Waals surface area (Å²) in [5, 5.41) is 19.0. The maximum Gasteiger partial charge on any atom is 0.407 e. The SMILES string of the molecule is CC(C)(C)N(C(=O)O)C1CCc2ccc(O)cc2C1. The molecule has 1 aromatic rings. The van der Waals surface area contributed by atoms with Gasteiger partial charge in [0.15, 0.2) is 0 Å². The van der Waals surface area contributed by atoms with Gasteiger partial charge in [0.2, 0.25) is 0 Å². The largest absolute Gasteiger partial charge is 0.508 e. The number of phenols is 1. The zero-order chi connectivity index (χ0) is 14.2. The molecule has 0 saturated heterocycles. The van der Waals surface area contributed by atoms with Gasteiger partial charge >= 0.3 is 6.09 Å². The van der Waals surface area contributed by atoms with Crippen LogP contribution in [0.1, 0.15) is 38.3 Å². The zero-order valence-corrected chi connectivity index (χ0v) is 11.7. The van der Waals surface area contributed by atoms with Gasteiger partial charge in [-0.3, -0.25) is 0 Å². The van der Waals surface area contributed by atoms with E-state index in [1.807, 2.05) is 26.8 Å². The van der Waals surface area contributed by atoms with Crippen molar-refractivity contribution < 1.29 is 15.0 Å². The van der Waals surface area contributed by atoms with E-state index in [0.29, 0.717) is 6.42 Å². The lowest BCUT2D eigenvalue weighted by atomic mass is 9.85. The van der Waals surface area contributed by atoms with E-state index in [1.165, 1.54) is 5.56 Å². The van der Waals surface area contributed by atoms with Crippen LogP contribution in [0.5, 0.6) is 5.75 Å². The predicted octanol–water partition coefficient (Wildman–Crippen LogP) is 3.03. The molecule has 0 saturated carbocycles. The van der Waals surface area contributed by atoms with E-state index in [9.17, 15) is 15.0 Å². The summed E-state index contributed by atoms with van der Waals surface area (Å²) in [7, 11) is 0. The van der Waals surface area contributed by atoms with Crippen LogP contribution in [-0.2, 0) is 12.8 Å². The number of hydrogen-bond donors (Lipinski definition) is 2. The lowest BCUT2D eigenvalue weighted by Gasteiger charge is -2.41. The molecule has 1 atom stereocenters. The van der Waals surface area contributed by atoms with Crippen LogP contribution in [-0.4, -0.2) is 32.8 Å². The first-order valence-corrected chi connectivity index (χ1v) is 6.62. The molecule has 4 heteroatoms. The molecule has 0 fully saturated rings. The van der Waals surface area contributed by atoms with E-state index in [-0.39, 0.29) is 11.8 Å². The Hall–Kier alpha value is -1.71. The fraction of sp³-hybridized carbons (Fsp3) is 0.533. The Morgan fingerprint density at radius 2 is 2.00 bits per heavy atom. The Morgan fingerprint density at radius 1 is 1.32 bits per heavy atom. The van der Waals surface area contributed by atoms with Crippen LogP contribution >= 0.6 is 0 Å². The molecule has 1 aliphatic rings. The second kappa shape index (κ2) is 4.76. The Morgan fingerprint density at radius 3 is 2.58 bits per heavy atom. The fourth-order valence-electron chi connectivity index (χ4n) is 2.94. The summed E-state index contributed by atoms with van der Waals surface area (Å²) in [5.41, 5.74) is 1.87. The van der Waals surface area contributed by atoms with Crippen LogP contribution in [0, 0.1) is 0 Å². The van der Waals surface area contributed by atoms with Crippen molar-refractivity contribution in [2.75, 3.05) is 0 Å². The first kappa shape index (κ1) is 13.7. The van der Waals surface area contributed by atoms with E-state index < -0.39 is 11.6 Å². The molecule has 4 nitrogen and oxygen atoms in total. The number of benzene rings is 1. The van der Waals surface area contributed by atoms with Crippen LogP contribution in [0.4, 0.5) is 4.79 Å². The van der Waals surface area contributed by atoms with Crippen molar-refractivity contribution >= 4 is 6.09 Å². The minimum atomic E-state index is -0.874. The van der Waals surface area contributed by atoms with E-state index in [1.54, 1.807) is 17.0 Å². The lowest BCUT2D eigenvalue weighted by Crippen LogP contribution is -2.52. The average Bonchev–Trinajstić information content (AvgIpc) is 2.25. The summed E-state index contributed by atoms with van der Waals surface area (Å²) in [4.78, 5) is 13.0. The number of carbonyl (C=O) groups is 1. The number of rotatable bonds is 1. The van der Waals surface area contributed by atoms with E-state index in [0.717, 1.165) is 18.4 Å². The van der Waals surface area contributed by atoms with Gasteiger partial charge in [-0.05, 0) is 63.3 Å². The van der Waals surface area contributed by atoms with Crippen molar-refractivity contribution in [3.05, 3.63) is 29.3 Å². The summed E-state index contributed by atoms with van der Waals surface area (Å²) in [6, 6.07) is 5.36. The Labute approximate surface area is 113 Å². The van der Waals surface area contributed by atoms with Gasteiger partial charge in [0.1, 0.15) is 5.75 Å². The highest BCUT2D eigenvalue weighted by molar-refractivity contribution is 5.66. The Bertz CT molecular complexity index is 491. The molecule has 0 heterocycles. The first-order chi connectivity index (χ1) is 8.79. The maximum atomic E-state index is 11.5. The first-order valence-electron chi connectivity index (χ1n) is 6.62. The molecule has 1 aliphatic carbocycles. The summed E-state index contributed by atoms with van der Waals surface area (Å²) >= 11 is 0. The topological polar surface area (TPSA) is 60.8 Å². The fourth-order valence-corrected chi connectivity index (χ4v) is 2.94. The third kappa shape index (κ3) is 2.83. The molecular formula is C15H21NO3. The standard InChI is InChI=1S/C15H21NO3/c1-15(2,3)16(14(18)19)12-6-4-10-5-7-13(17)9-11(10)8-12/h5,7,9,12,17H,4,6,8H2,1-3H3,(H,18,19). The highest BCUT2D eigenvalue weighted by atomic mass is 16.4. The van der Waals surface area contributed by atoms with Gasteiger partial charge in [-0.15, -0.1) is 0 Å². The highest BCUT2D eigenvalue weighted by Gasteiger charge is 2.35. The van der Waals surface area contributed by atoms with Crippen molar-refractivity contribution in [1.82, 2.24) is 4.90 Å². The molecule has 1 unspecified atom stereocenters. The number of aromatic hydroxyl groups is 1. The third-order valence-corrected chi connectivity index (χ3v) is 3.69. The van der Waals surface area contributed by atoms with Crippen molar-refractivity contribution in [2.24, 2.45) is 0 Å². The van der Waals surface area contributed by atoms with Gasteiger partial charge < -0.3 is 15.1 Å². The molecule has 2 rings (SSSR count).